The summed E-state index contributed by atoms with van der Waals surface area (Å²) in [5, 5.41) is 12.3. The van der Waals surface area contributed by atoms with Crippen molar-refractivity contribution < 1.29 is 19.1 Å². The Balaban J connectivity index is 2.05. The smallest absolute Gasteiger partial charge is 0.339 e. The van der Waals surface area contributed by atoms with Gasteiger partial charge in [-0.05, 0) is 26.0 Å². The molecule has 0 radical (unpaired) electrons. The number of carbonyl (C=O) groups is 1. The number of carboxylic acid groups (broad SMARTS) is 1. The zero-order chi connectivity index (χ0) is 15.4. The Labute approximate surface area is 123 Å². The first-order valence-corrected chi connectivity index (χ1v) is 6.71. The average molecular weight is 289 g/mol. The standard InChI is InChI=1S/C16H19NO4/c1-10(13-6-4-5-7-15(13)20-3)17-9-12-8-14(16(18)19)11(2)21-12/h4-8,10,17H,9H2,1-3H3,(H,18,19)/t10-/m0/s1. The van der Waals surface area contributed by atoms with Gasteiger partial charge in [-0.3, -0.25) is 0 Å². The van der Waals surface area contributed by atoms with Crippen molar-refractivity contribution in [3.63, 3.8) is 0 Å². The Kier molecular flexibility index (Phi) is 4.65. The minimum absolute atomic E-state index is 0.0554. The van der Waals surface area contributed by atoms with Crippen LogP contribution in [0.5, 0.6) is 5.75 Å². The molecule has 0 amide bonds. The minimum Gasteiger partial charge on any atom is -0.496 e. The van der Waals surface area contributed by atoms with Gasteiger partial charge in [0.2, 0.25) is 0 Å². The van der Waals surface area contributed by atoms with Crippen LogP contribution in [-0.2, 0) is 6.54 Å². The predicted octanol–water partition coefficient (Wildman–Crippen LogP) is 3.15. The first-order chi connectivity index (χ1) is 10.0. The second-order valence-electron chi connectivity index (χ2n) is 4.83. The quantitative estimate of drug-likeness (QED) is 0.854. The topological polar surface area (TPSA) is 71.7 Å². The Morgan fingerprint density at radius 2 is 2.14 bits per heavy atom. The number of benzene rings is 1. The number of hydrogen-bond acceptors (Lipinski definition) is 4. The second-order valence-corrected chi connectivity index (χ2v) is 4.83. The van der Waals surface area contributed by atoms with Gasteiger partial charge in [-0.25, -0.2) is 4.79 Å². The Hall–Kier alpha value is -2.27. The fraction of sp³-hybridized carbons (Fsp3) is 0.312. The number of aromatic carboxylic acids is 1. The highest BCUT2D eigenvalue weighted by Gasteiger charge is 2.15. The van der Waals surface area contributed by atoms with E-state index in [1.54, 1.807) is 20.1 Å². The molecule has 0 aliphatic heterocycles. The zero-order valence-electron chi connectivity index (χ0n) is 12.3. The maximum Gasteiger partial charge on any atom is 0.339 e. The molecule has 0 saturated carbocycles. The summed E-state index contributed by atoms with van der Waals surface area (Å²) in [4.78, 5) is 11.0. The molecular weight excluding hydrogens is 270 g/mol. The molecule has 0 fully saturated rings. The molecule has 5 nitrogen and oxygen atoms in total. The molecule has 0 unspecified atom stereocenters. The first kappa shape index (κ1) is 15.1. The predicted molar refractivity (Wildman–Crippen MR) is 78.7 cm³/mol. The van der Waals surface area contributed by atoms with Gasteiger partial charge < -0.3 is 19.6 Å². The third kappa shape index (κ3) is 3.44. The molecule has 0 bridgehead atoms. The lowest BCUT2D eigenvalue weighted by Crippen LogP contribution is -2.18. The van der Waals surface area contributed by atoms with Crippen molar-refractivity contribution in [2.45, 2.75) is 26.4 Å². The van der Waals surface area contributed by atoms with Crippen LogP contribution in [0.3, 0.4) is 0 Å². The fourth-order valence-electron chi connectivity index (χ4n) is 2.23. The van der Waals surface area contributed by atoms with Crippen LogP contribution < -0.4 is 10.1 Å². The molecule has 1 aromatic heterocycles. The third-order valence-corrected chi connectivity index (χ3v) is 3.39. The van der Waals surface area contributed by atoms with Crippen LogP contribution in [0.4, 0.5) is 0 Å². The molecule has 21 heavy (non-hydrogen) atoms. The molecule has 0 aliphatic carbocycles. The zero-order valence-corrected chi connectivity index (χ0v) is 12.3. The normalized spacial score (nSPS) is 12.1. The van der Waals surface area contributed by atoms with E-state index < -0.39 is 5.97 Å². The van der Waals surface area contributed by atoms with Crippen molar-refractivity contribution in [1.29, 1.82) is 0 Å². The number of hydrogen-bond donors (Lipinski definition) is 2. The van der Waals surface area contributed by atoms with Crippen LogP contribution in [0.15, 0.2) is 34.7 Å². The number of rotatable bonds is 6. The summed E-state index contributed by atoms with van der Waals surface area (Å²) < 4.78 is 10.8. The van der Waals surface area contributed by atoms with Crippen LogP contribution in [0.25, 0.3) is 0 Å². The molecule has 2 N–H and O–H groups in total. The van der Waals surface area contributed by atoms with E-state index in [1.165, 1.54) is 0 Å². The molecule has 112 valence electrons. The van der Waals surface area contributed by atoms with Gasteiger partial charge in [0.25, 0.3) is 0 Å². The highest BCUT2D eigenvalue weighted by Crippen LogP contribution is 2.25. The van der Waals surface area contributed by atoms with Crippen molar-refractivity contribution in [2.75, 3.05) is 7.11 Å². The molecule has 0 saturated heterocycles. The van der Waals surface area contributed by atoms with E-state index in [-0.39, 0.29) is 11.6 Å². The van der Waals surface area contributed by atoms with Crippen LogP contribution in [0.1, 0.15) is 40.4 Å². The van der Waals surface area contributed by atoms with Crippen molar-refractivity contribution in [3.8, 4) is 5.75 Å². The lowest BCUT2D eigenvalue weighted by molar-refractivity contribution is 0.0695. The third-order valence-electron chi connectivity index (χ3n) is 3.39. The van der Waals surface area contributed by atoms with Crippen LogP contribution in [0, 0.1) is 6.92 Å². The number of nitrogens with one attached hydrogen (secondary N) is 1. The highest BCUT2D eigenvalue weighted by molar-refractivity contribution is 5.88. The number of ether oxygens (including phenoxy) is 1. The average Bonchev–Trinajstić information content (AvgIpc) is 2.86. The molecule has 2 rings (SSSR count). The van der Waals surface area contributed by atoms with Gasteiger partial charge in [0, 0.05) is 11.6 Å². The molecule has 1 atom stereocenters. The van der Waals surface area contributed by atoms with Crippen LogP contribution in [0.2, 0.25) is 0 Å². The van der Waals surface area contributed by atoms with E-state index in [4.69, 9.17) is 14.3 Å². The van der Waals surface area contributed by atoms with E-state index in [2.05, 4.69) is 5.32 Å². The van der Waals surface area contributed by atoms with E-state index in [1.807, 2.05) is 31.2 Å². The largest absolute Gasteiger partial charge is 0.496 e. The maximum atomic E-state index is 11.0. The van der Waals surface area contributed by atoms with Gasteiger partial charge in [0.1, 0.15) is 22.8 Å². The molecule has 1 heterocycles. The van der Waals surface area contributed by atoms with E-state index in [9.17, 15) is 4.79 Å². The van der Waals surface area contributed by atoms with Crippen molar-refractivity contribution >= 4 is 5.97 Å². The van der Waals surface area contributed by atoms with Crippen LogP contribution in [-0.4, -0.2) is 18.2 Å². The molecule has 5 heteroatoms. The summed E-state index contributed by atoms with van der Waals surface area (Å²) in [5.41, 5.74) is 1.25. The lowest BCUT2D eigenvalue weighted by atomic mass is 10.1. The SMILES string of the molecule is COc1ccccc1[C@H](C)NCc1cc(C(=O)O)c(C)o1. The summed E-state index contributed by atoms with van der Waals surface area (Å²) in [6.45, 7) is 4.12. The van der Waals surface area contributed by atoms with Crippen molar-refractivity contribution in [3.05, 3.63) is 53.0 Å². The highest BCUT2D eigenvalue weighted by atomic mass is 16.5. The van der Waals surface area contributed by atoms with Crippen molar-refractivity contribution in [1.82, 2.24) is 5.32 Å². The molecule has 0 spiro atoms. The maximum absolute atomic E-state index is 11.0. The van der Waals surface area contributed by atoms with Gasteiger partial charge in [-0.15, -0.1) is 0 Å². The summed E-state index contributed by atoms with van der Waals surface area (Å²) in [6, 6.07) is 9.39. The van der Waals surface area contributed by atoms with E-state index in [0.29, 0.717) is 18.1 Å². The van der Waals surface area contributed by atoms with Gasteiger partial charge in [0.15, 0.2) is 0 Å². The number of aryl methyl sites for hydroxylation is 1. The summed E-state index contributed by atoms with van der Waals surface area (Å²) in [5.74, 6) is 0.871. The Morgan fingerprint density at radius 1 is 1.43 bits per heavy atom. The molecule has 2 aromatic rings. The van der Waals surface area contributed by atoms with Gasteiger partial charge >= 0.3 is 5.97 Å². The number of furan rings is 1. The van der Waals surface area contributed by atoms with Gasteiger partial charge in [0.05, 0.1) is 13.7 Å². The monoisotopic (exact) mass is 289 g/mol. The van der Waals surface area contributed by atoms with Gasteiger partial charge in [-0.1, -0.05) is 18.2 Å². The summed E-state index contributed by atoms with van der Waals surface area (Å²) >= 11 is 0. The Bertz CT molecular complexity index is 633. The van der Waals surface area contributed by atoms with E-state index >= 15 is 0 Å². The molecule has 1 aromatic carbocycles. The number of methoxy groups -OCH3 is 1. The fourth-order valence-corrected chi connectivity index (χ4v) is 2.23. The van der Waals surface area contributed by atoms with Crippen molar-refractivity contribution in [2.24, 2.45) is 0 Å². The van der Waals surface area contributed by atoms with E-state index in [0.717, 1.165) is 11.3 Å². The number of carboxylic acids is 1. The summed E-state index contributed by atoms with van der Waals surface area (Å²) in [7, 11) is 1.64. The summed E-state index contributed by atoms with van der Waals surface area (Å²) in [6.07, 6.45) is 0. The minimum atomic E-state index is -0.972. The van der Waals surface area contributed by atoms with Gasteiger partial charge in [-0.2, -0.15) is 0 Å². The van der Waals surface area contributed by atoms with Crippen LogP contribution >= 0.6 is 0 Å². The molecular formula is C16H19NO4. The second kappa shape index (κ2) is 6.45. The number of para-hydroxylation sites is 1. The molecule has 0 aliphatic rings. The first-order valence-electron chi connectivity index (χ1n) is 6.71. The lowest BCUT2D eigenvalue weighted by Gasteiger charge is -2.16. The Morgan fingerprint density at radius 3 is 2.76 bits per heavy atom.